The number of esters is 2. The van der Waals surface area contributed by atoms with Crippen LogP contribution in [0.1, 0.15) is 83.3 Å². The van der Waals surface area contributed by atoms with Gasteiger partial charge in [0, 0.05) is 6.54 Å². The Bertz CT molecular complexity index is 1290. The molecule has 1 aromatic rings. The van der Waals surface area contributed by atoms with Crippen molar-refractivity contribution in [2.75, 3.05) is 33.6 Å². The third-order valence-electron chi connectivity index (χ3n) is 9.13. The zero-order valence-electron chi connectivity index (χ0n) is 25.9. The molecule has 2 N–H and O–H groups in total. The first kappa shape index (κ1) is 31.3. The van der Waals surface area contributed by atoms with E-state index in [1.54, 1.807) is 27.0 Å². The SMILES string of the molecule is COC1=CC23CCCN2CCc2cc4c(cc2[C@@H]3C1OC(=O)[C@@](O)(CCCC(C)(C)O)CC(=O)OCC=C(C)C)OCO4. The molecule has 0 amide bonds. The molecule has 1 aromatic carbocycles. The van der Waals surface area contributed by atoms with Crippen molar-refractivity contribution in [1.29, 1.82) is 0 Å². The lowest BCUT2D eigenvalue weighted by Crippen LogP contribution is -2.49. The molecule has 236 valence electrons. The highest BCUT2D eigenvalue weighted by molar-refractivity contribution is 5.86. The van der Waals surface area contributed by atoms with E-state index in [1.165, 1.54) is 0 Å². The number of carbonyl (C=O) groups excluding carboxylic acids is 2. The number of hydrogen-bond acceptors (Lipinski definition) is 10. The first-order chi connectivity index (χ1) is 20.3. The van der Waals surface area contributed by atoms with Crippen molar-refractivity contribution in [2.24, 2.45) is 0 Å². The van der Waals surface area contributed by atoms with Gasteiger partial charge in [-0.15, -0.1) is 0 Å². The topological polar surface area (TPSA) is 124 Å². The average Bonchev–Trinajstić information content (AvgIpc) is 3.61. The predicted molar refractivity (Wildman–Crippen MR) is 158 cm³/mol. The van der Waals surface area contributed by atoms with E-state index in [0.29, 0.717) is 30.1 Å². The maximum Gasteiger partial charge on any atom is 0.339 e. The Morgan fingerprint density at radius 1 is 1.14 bits per heavy atom. The molecule has 3 heterocycles. The average molecular weight is 600 g/mol. The summed E-state index contributed by atoms with van der Waals surface area (Å²) in [5.74, 6) is -0.0665. The van der Waals surface area contributed by atoms with E-state index < -0.39 is 41.2 Å². The Labute approximate surface area is 253 Å². The van der Waals surface area contributed by atoms with E-state index in [1.807, 2.05) is 26.0 Å². The predicted octanol–water partition coefficient (Wildman–Crippen LogP) is 3.92. The molecule has 1 aliphatic carbocycles. The van der Waals surface area contributed by atoms with Gasteiger partial charge in [0.1, 0.15) is 12.4 Å². The second-order valence-corrected chi connectivity index (χ2v) is 13.1. The molecule has 0 aromatic heterocycles. The van der Waals surface area contributed by atoms with Crippen molar-refractivity contribution in [3.05, 3.63) is 46.7 Å². The number of ether oxygens (including phenoxy) is 5. The van der Waals surface area contributed by atoms with Gasteiger partial charge in [-0.1, -0.05) is 5.57 Å². The van der Waals surface area contributed by atoms with E-state index in [9.17, 15) is 19.8 Å². The lowest BCUT2D eigenvalue weighted by Gasteiger charge is -2.39. The van der Waals surface area contributed by atoms with E-state index in [2.05, 4.69) is 11.0 Å². The molecular weight excluding hydrogens is 554 g/mol. The van der Waals surface area contributed by atoms with E-state index in [4.69, 9.17) is 23.7 Å². The summed E-state index contributed by atoms with van der Waals surface area (Å²) in [7, 11) is 1.56. The Kier molecular flexibility index (Phi) is 8.84. The molecule has 5 rings (SSSR count). The lowest BCUT2D eigenvalue weighted by atomic mass is 9.77. The molecular formula is C33H45NO9. The highest BCUT2D eigenvalue weighted by Crippen LogP contribution is 2.55. The highest BCUT2D eigenvalue weighted by atomic mass is 16.7. The smallest absolute Gasteiger partial charge is 0.339 e. The van der Waals surface area contributed by atoms with Gasteiger partial charge in [0.25, 0.3) is 0 Å². The van der Waals surface area contributed by atoms with Crippen LogP contribution in [0, 0.1) is 0 Å². The minimum absolute atomic E-state index is 0.0441. The second kappa shape index (κ2) is 12.1. The molecule has 0 bridgehead atoms. The molecule has 1 saturated heterocycles. The van der Waals surface area contributed by atoms with Crippen molar-refractivity contribution in [2.45, 2.75) is 101 Å². The van der Waals surface area contributed by atoms with Gasteiger partial charge in [0.2, 0.25) is 6.79 Å². The van der Waals surface area contributed by atoms with Crippen molar-refractivity contribution < 1.29 is 43.5 Å². The maximum atomic E-state index is 14.0. The lowest BCUT2D eigenvalue weighted by molar-refractivity contribution is -0.179. The van der Waals surface area contributed by atoms with Gasteiger partial charge in [-0.25, -0.2) is 4.79 Å². The Morgan fingerprint density at radius 3 is 2.58 bits per heavy atom. The summed E-state index contributed by atoms with van der Waals surface area (Å²) in [5, 5.41) is 22.0. The first-order valence-electron chi connectivity index (χ1n) is 15.2. The van der Waals surface area contributed by atoms with Gasteiger partial charge in [-0.3, -0.25) is 9.69 Å². The van der Waals surface area contributed by atoms with Crippen LogP contribution in [-0.4, -0.2) is 83.5 Å². The van der Waals surface area contributed by atoms with Gasteiger partial charge < -0.3 is 33.9 Å². The minimum atomic E-state index is -2.15. The molecule has 10 heteroatoms. The zero-order valence-corrected chi connectivity index (χ0v) is 25.9. The molecule has 0 radical (unpaired) electrons. The van der Waals surface area contributed by atoms with Crippen LogP contribution in [0.15, 0.2) is 35.6 Å². The molecule has 2 unspecified atom stereocenters. The monoisotopic (exact) mass is 599 g/mol. The summed E-state index contributed by atoms with van der Waals surface area (Å²) >= 11 is 0. The molecule has 3 aliphatic heterocycles. The number of methoxy groups -OCH3 is 1. The van der Waals surface area contributed by atoms with Crippen LogP contribution in [-0.2, 0) is 30.2 Å². The normalized spacial score (nSPS) is 25.4. The fourth-order valence-electron chi connectivity index (χ4n) is 6.99. The number of carbonyl (C=O) groups is 2. The fourth-order valence-corrected chi connectivity index (χ4v) is 6.99. The summed E-state index contributed by atoms with van der Waals surface area (Å²) in [4.78, 5) is 29.3. The standard InChI is InChI=1S/C33H45NO9/c1-21(2)9-15-40-27(35)19-33(38,12-6-10-31(3,4)37)30(36)43-29-26(39-5)18-32-11-7-13-34(32)14-8-22-16-24-25(42-20-41-24)17-23(22)28(29)32/h9,16-18,28-29,37-38H,6-8,10-15,19-20H2,1-5H3/t28-,29?,32?,33-/m1/s1. The highest BCUT2D eigenvalue weighted by Gasteiger charge is 2.59. The number of aliphatic hydroxyl groups is 2. The van der Waals surface area contributed by atoms with Crippen LogP contribution < -0.4 is 9.47 Å². The Balaban J connectivity index is 1.46. The van der Waals surface area contributed by atoms with Crippen LogP contribution in [0.4, 0.5) is 0 Å². The quantitative estimate of drug-likeness (QED) is 0.286. The van der Waals surface area contributed by atoms with Gasteiger partial charge in [-0.05, 0) is 108 Å². The minimum Gasteiger partial charge on any atom is -0.497 e. The van der Waals surface area contributed by atoms with Crippen molar-refractivity contribution in [1.82, 2.24) is 4.90 Å². The van der Waals surface area contributed by atoms with Crippen LogP contribution in [0.3, 0.4) is 0 Å². The number of hydrogen-bond donors (Lipinski definition) is 2. The van der Waals surface area contributed by atoms with E-state index >= 15 is 0 Å². The van der Waals surface area contributed by atoms with E-state index in [0.717, 1.165) is 49.1 Å². The maximum absolute atomic E-state index is 14.0. The molecule has 0 saturated carbocycles. The summed E-state index contributed by atoms with van der Waals surface area (Å²) in [5.41, 5.74) is -0.508. The van der Waals surface area contributed by atoms with Gasteiger partial charge >= 0.3 is 11.9 Å². The third kappa shape index (κ3) is 6.42. The number of allylic oxidation sites excluding steroid dienone is 1. The molecule has 1 fully saturated rings. The molecule has 10 nitrogen and oxygen atoms in total. The summed E-state index contributed by atoms with van der Waals surface area (Å²) in [6.45, 7) is 9.03. The van der Waals surface area contributed by atoms with Crippen LogP contribution in [0.25, 0.3) is 0 Å². The van der Waals surface area contributed by atoms with Crippen molar-refractivity contribution in [3.8, 4) is 11.5 Å². The molecule has 4 aliphatic rings. The number of nitrogens with zero attached hydrogens (tertiary/aromatic N) is 1. The number of rotatable bonds is 11. The Hall–Kier alpha value is -3.08. The first-order valence-corrected chi connectivity index (χ1v) is 15.2. The van der Waals surface area contributed by atoms with Crippen molar-refractivity contribution in [3.63, 3.8) is 0 Å². The number of benzene rings is 1. The summed E-state index contributed by atoms with van der Waals surface area (Å²) < 4.78 is 28.8. The van der Waals surface area contributed by atoms with Crippen LogP contribution in [0.2, 0.25) is 0 Å². The molecule has 43 heavy (non-hydrogen) atoms. The second-order valence-electron chi connectivity index (χ2n) is 13.1. The molecule has 4 atom stereocenters. The van der Waals surface area contributed by atoms with Gasteiger partial charge in [0.15, 0.2) is 23.2 Å². The Morgan fingerprint density at radius 2 is 1.88 bits per heavy atom. The molecule has 1 spiro atoms. The van der Waals surface area contributed by atoms with E-state index in [-0.39, 0.29) is 25.7 Å². The summed E-state index contributed by atoms with van der Waals surface area (Å²) in [6, 6.07) is 4.02. The fraction of sp³-hybridized carbons (Fsp3) is 0.636. The van der Waals surface area contributed by atoms with Crippen molar-refractivity contribution >= 4 is 11.9 Å². The third-order valence-corrected chi connectivity index (χ3v) is 9.13. The van der Waals surface area contributed by atoms with Gasteiger partial charge in [-0.2, -0.15) is 0 Å². The summed E-state index contributed by atoms with van der Waals surface area (Å²) in [6.07, 6.45) is 5.63. The van der Waals surface area contributed by atoms with Crippen LogP contribution in [0.5, 0.6) is 11.5 Å². The zero-order chi connectivity index (χ0) is 31.0. The number of fused-ring (bicyclic) bond motifs is 3. The van der Waals surface area contributed by atoms with Crippen LogP contribution >= 0.6 is 0 Å². The van der Waals surface area contributed by atoms with Gasteiger partial charge in [0.05, 0.1) is 30.6 Å². The largest absolute Gasteiger partial charge is 0.497 e.